The lowest BCUT2D eigenvalue weighted by atomic mass is 10.2. The van der Waals surface area contributed by atoms with Crippen LogP contribution in [-0.4, -0.2) is 19.6 Å². The molecule has 0 aliphatic heterocycles. The Labute approximate surface area is 123 Å². The van der Waals surface area contributed by atoms with Gasteiger partial charge in [-0.15, -0.1) is 0 Å². The van der Waals surface area contributed by atoms with Crippen molar-refractivity contribution < 1.29 is 0 Å². The third kappa shape index (κ3) is 2.35. The van der Waals surface area contributed by atoms with Gasteiger partial charge < -0.3 is 0 Å². The lowest BCUT2D eigenvalue weighted by molar-refractivity contribution is 0.879. The van der Waals surface area contributed by atoms with Gasteiger partial charge in [0.2, 0.25) is 4.96 Å². The highest BCUT2D eigenvalue weighted by Gasteiger charge is 2.11. The minimum atomic E-state index is -0.355. The second kappa shape index (κ2) is 5.15. The average molecular weight is 305 g/mol. The number of fused-ring (bicyclic) bond motifs is 1. The van der Waals surface area contributed by atoms with E-state index in [1.54, 1.807) is 18.5 Å². The van der Waals surface area contributed by atoms with Crippen LogP contribution in [0.1, 0.15) is 16.3 Å². The van der Waals surface area contributed by atoms with Crippen molar-refractivity contribution in [3.8, 4) is 0 Å². The third-order valence-electron chi connectivity index (χ3n) is 2.60. The zero-order valence-electron chi connectivity index (χ0n) is 10.4. The number of hydrogen-bond donors (Lipinski definition) is 0. The van der Waals surface area contributed by atoms with E-state index < -0.39 is 0 Å². The Hall–Kier alpha value is -2.05. The van der Waals surface area contributed by atoms with Gasteiger partial charge in [-0.1, -0.05) is 35.1 Å². The van der Waals surface area contributed by atoms with Crippen LogP contribution in [0.3, 0.4) is 0 Å². The molecule has 0 atom stereocenters. The van der Waals surface area contributed by atoms with E-state index >= 15 is 0 Å². The monoisotopic (exact) mass is 304 g/mol. The highest BCUT2D eigenvalue weighted by Crippen LogP contribution is 2.17. The summed E-state index contributed by atoms with van der Waals surface area (Å²) in [5.41, 5.74) is 0.988. The Balaban J connectivity index is 2.10. The Bertz CT molecular complexity index is 854. The molecule has 5 nitrogen and oxygen atoms in total. The minimum Gasteiger partial charge on any atom is -0.266 e. The fraction of sp³-hybridized carbons (Fsp3) is 0.0769. The second-order valence-electron chi connectivity index (χ2n) is 4.05. The van der Waals surface area contributed by atoms with Gasteiger partial charge in [-0.2, -0.15) is 9.61 Å². The molecule has 3 aromatic rings. The van der Waals surface area contributed by atoms with Gasteiger partial charge in [-0.05, 0) is 24.6 Å². The Morgan fingerprint density at radius 1 is 1.40 bits per heavy atom. The first-order chi connectivity index (χ1) is 9.65. The van der Waals surface area contributed by atoms with Crippen molar-refractivity contribution in [1.82, 2.24) is 19.6 Å². The molecular weight excluding hydrogens is 296 g/mol. The summed E-state index contributed by atoms with van der Waals surface area (Å²) < 4.78 is 1.23. The summed E-state index contributed by atoms with van der Waals surface area (Å²) in [6.07, 6.45) is 6.93. The summed E-state index contributed by atoms with van der Waals surface area (Å²) in [4.78, 5) is 21.0. The van der Waals surface area contributed by atoms with Gasteiger partial charge in [0, 0.05) is 12.4 Å². The molecule has 100 valence electrons. The predicted octanol–water partition coefficient (Wildman–Crippen LogP) is 2.68. The van der Waals surface area contributed by atoms with Crippen LogP contribution in [0.2, 0.25) is 5.02 Å². The minimum absolute atomic E-state index is 0.0629. The molecule has 3 rings (SSSR count). The van der Waals surface area contributed by atoms with E-state index in [1.165, 1.54) is 15.9 Å². The number of aromatic nitrogens is 4. The van der Waals surface area contributed by atoms with E-state index in [1.807, 2.05) is 25.1 Å². The van der Waals surface area contributed by atoms with Gasteiger partial charge in [0.1, 0.15) is 10.0 Å². The first kappa shape index (κ1) is 13.0. The van der Waals surface area contributed by atoms with Crippen molar-refractivity contribution in [2.24, 2.45) is 0 Å². The van der Waals surface area contributed by atoms with Crippen LogP contribution in [0, 0.1) is 6.92 Å². The SMILES string of the molecule is Cc1nn2c(=O)c(Cl)c(C=Cc3cccnc3)nc2s1. The molecule has 0 spiro atoms. The average Bonchev–Trinajstić information content (AvgIpc) is 2.83. The fourth-order valence-electron chi connectivity index (χ4n) is 1.70. The van der Waals surface area contributed by atoms with Crippen LogP contribution in [0.4, 0.5) is 0 Å². The molecule has 0 fully saturated rings. The molecule has 0 saturated carbocycles. The van der Waals surface area contributed by atoms with Gasteiger partial charge in [-0.3, -0.25) is 9.78 Å². The van der Waals surface area contributed by atoms with Crippen molar-refractivity contribution >= 4 is 40.1 Å². The number of hydrogen-bond acceptors (Lipinski definition) is 5. The molecule has 3 heterocycles. The van der Waals surface area contributed by atoms with Crippen LogP contribution in [0.25, 0.3) is 17.1 Å². The summed E-state index contributed by atoms with van der Waals surface area (Å²) in [6.45, 7) is 1.82. The fourth-order valence-corrected chi connectivity index (χ4v) is 2.62. The molecule has 20 heavy (non-hydrogen) atoms. The summed E-state index contributed by atoms with van der Waals surface area (Å²) in [5, 5.41) is 4.90. The topological polar surface area (TPSA) is 60.2 Å². The smallest absolute Gasteiger partial charge is 0.266 e. The number of aryl methyl sites for hydroxylation is 1. The van der Waals surface area contributed by atoms with Crippen LogP contribution < -0.4 is 5.56 Å². The van der Waals surface area contributed by atoms with E-state index in [9.17, 15) is 4.79 Å². The maximum atomic E-state index is 12.1. The van der Waals surface area contributed by atoms with Gasteiger partial charge in [0.25, 0.3) is 5.56 Å². The highest BCUT2D eigenvalue weighted by molar-refractivity contribution is 7.16. The van der Waals surface area contributed by atoms with Crippen molar-refractivity contribution in [2.75, 3.05) is 0 Å². The second-order valence-corrected chi connectivity index (χ2v) is 5.59. The lowest BCUT2D eigenvalue weighted by Gasteiger charge is -1.97. The zero-order valence-corrected chi connectivity index (χ0v) is 12.0. The molecule has 7 heteroatoms. The summed E-state index contributed by atoms with van der Waals surface area (Å²) in [7, 11) is 0. The number of halogens is 1. The summed E-state index contributed by atoms with van der Waals surface area (Å²) >= 11 is 7.40. The van der Waals surface area contributed by atoms with E-state index in [4.69, 9.17) is 11.6 Å². The molecule has 0 saturated heterocycles. The van der Waals surface area contributed by atoms with Crippen molar-refractivity contribution in [1.29, 1.82) is 0 Å². The van der Waals surface area contributed by atoms with E-state index in [2.05, 4.69) is 15.1 Å². The van der Waals surface area contributed by atoms with Crippen LogP contribution in [0.5, 0.6) is 0 Å². The first-order valence-electron chi connectivity index (χ1n) is 5.79. The van der Waals surface area contributed by atoms with Crippen LogP contribution in [0.15, 0.2) is 29.3 Å². The molecule has 3 aromatic heterocycles. The number of nitrogens with zero attached hydrogens (tertiary/aromatic N) is 4. The highest BCUT2D eigenvalue weighted by atomic mass is 35.5. The van der Waals surface area contributed by atoms with E-state index in [-0.39, 0.29) is 10.6 Å². The maximum absolute atomic E-state index is 12.1. The summed E-state index contributed by atoms with van der Waals surface area (Å²) in [6, 6.07) is 3.74. The van der Waals surface area contributed by atoms with Crippen molar-refractivity contribution in [3.63, 3.8) is 0 Å². The molecule has 0 bridgehead atoms. The summed E-state index contributed by atoms with van der Waals surface area (Å²) in [5.74, 6) is 0. The molecule has 0 N–H and O–H groups in total. The van der Waals surface area contributed by atoms with Crippen LogP contribution >= 0.6 is 22.9 Å². The standard InChI is InChI=1S/C13H9ClN4OS/c1-8-17-18-12(19)11(14)10(16-13(18)20-8)5-4-9-3-2-6-15-7-9/h2-7H,1H3. The van der Waals surface area contributed by atoms with Gasteiger partial charge in [0.15, 0.2) is 0 Å². The van der Waals surface area contributed by atoms with Gasteiger partial charge in [-0.25, -0.2) is 4.98 Å². The molecule has 0 unspecified atom stereocenters. The lowest BCUT2D eigenvalue weighted by Crippen LogP contribution is -2.16. The normalized spacial score (nSPS) is 11.5. The van der Waals surface area contributed by atoms with Crippen LogP contribution in [-0.2, 0) is 0 Å². The molecule has 0 aliphatic rings. The van der Waals surface area contributed by atoms with Crippen molar-refractivity contribution in [3.05, 3.63) is 56.2 Å². The molecule has 0 amide bonds. The third-order valence-corrected chi connectivity index (χ3v) is 3.78. The molecule has 0 aliphatic carbocycles. The largest absolute Gasteiger partial charge is 0.294 e. The van der Waals surface area contributed by atoms with Crippen molar-refractivity contribution in [2.45, 2.75) is 6.92 Å². The Morgan fingerprint density at radius 3 is 3.00 bits per heavy atom. The quantitative estimate of drug-likeness (QED) is 0.730. The molecule has 0 radical (unpaired) electrons. The van der Waals surface area contributed by atoms with E-state index in [0.29, 0.717) is 10.7 Å². The first-order valence-corrected chi connectivity index (χ1v) is 6.98. The Morgan fingerprint density at radius 2 is 2.25 bits per heavy atom. The van der Waals surface area contributed by atoms with Gasteiger partial charge >= 0.3 is 0 Å². The molecular formula is C13H9ClN4OS. The zero-order chi connectivity index (χ0) is 14.1. The maximum Gasteiger partial charge on any atom is 0.294 e. The Kier molecular flexibility index (Phi) is 3.33. The number of pyridine rings is 1. The number of rotatable bonds is 2. The van der Waals surface area contributed by atoms with E-state index in [0.717, 1.165) is 10.6 Å². The predicted molar refractivity (Wildman–Crippen MR) is 80.0 cm³/mol. The molecule has 0 aromatic carbocycles. The van der Waals surface area contributed by atoms with Gasteiger partial charge in [0.05, 0.1) is 5.69 Å².